The highest BCUT2D eigenvalue weighted by Gasteiger charge is 2.21. The van der Waals surface area contributed by atoms with Crippen molar-refractivity contribution in [3.8, 4) is 0 Å². The number of hydrogen-bond donors (Lipinski definition) is 1. The molecule has 1 unspecified atom stereocenters. The zero-order valence-corrected chi connectivity index (χ0v) is 7.01. The Morgan fingerprint density at radius 2 is 2.42 bits per heavy atom. The van der Waals surface area contributed by atoms with E-state index in [0.717, 1.165) is 25.8 Å². The van der Waals surface area contributed by atoms with Gasteiger partial charge in [0.2, 0.25) is 0 Å². The van der Waals surface area contributed by atoms with Gasteiger partial charge < -0.3 is 10.1 Å². The Balaban J connectivity index is 2.20. The van der Waals surface area contributed by atoms with Crippen molar-refractivity contribution in [1.82, 2.24) is 5.32 Å². The number of hydrogen-bond acceptors (Lipinski definition) is 3. The standard InChI is InChI=1S/C8H14FNO2/c9-4-6-12-8(11)7-3-1-2-5-10-7/h7,10H,1-6H2. The number of carbonyl (C=O) groups excluding carboxylic acids is 1. The van der Waals surface area contributed by atoms with E-state index >= 15 is 0 Å². The SMILES string of the molecule is O=C(OCCF)C1CCCCN1. The Bertz CT molecular complexity index is 146. The lowest BCUT2D eigenvalue weighted by Gasteiger charge is -2.21. The van der Waals surface area contributed by atoms with Crippen LogP contribution in [0.4, 0.5) is 4.39 Å². The molecule has 1 fully saturated rings. The van der Waals surface area contributed by atoms with Gasteiger partial charge in [-0.2, -0.15) is 0 Å². The predicted octanol–water partition coefficient (Wildman–Crippen LogP) is 0.641. The number of carbonyl (C=O) groups is 1. The van der Waals surface area contributed by atoms with Crippen molar-refractivity contribution in [2.75, 3.05) is 19.8 Å². The first-order valence-corrected chi connectivity index (χ1v) is 4.30. The maximum absolute atomic E-state index is 11.6. The number of halogens is 1. The van der Waals surface area contributed by atoms with Crippen LogP contribution in [0.25, 0.3) is 0 Å². The molecule has 1 N–H and O–H groups in total. The molecule has 0 saturated carbocycles. The number of ether oxygens (including phenoxy) is 1. The summed E-state index contributed by atoms with van der Waals surface area (Å²) in [6.07, 6.45) is 2.96. The predicted molar refractivity (Wildman–Crippen MR) is 42.6 cm³/mol. The van der Waals surface area contributed by atoms with Gasteiger partial charge in [-0.05, 0) is 19.4 Å². The average molecular weight is 175 g/mol. The van der Waals surface area contributed by atoms with Gasteiger partial charge in [-0.3, -0.25) is 4.79 Å². The molecule has 0 amide bonds. The van der Waals surface area contributed by atoms with Gasteiger partial charge in [0.1, 0.15) is 19.3 Å². The number of alkyl halides is 1. The summed E-state index contributed by atoms with van der Waals surface area (Å²) in [6.45, 7) is 0.144. The molecule has 0 aliphatic carbocycles. The maximum Gasteiger partial charge on any atom is 0.323 e. The first kappa shape index (κ1) is 9.45. The highest BCUT2D eigenvalue weighted by molar-refractivity contribution is 5.75. The second kappa shape index (κ2) is 5.09. The molecule has 0 bridgehead atoms. The fourth-order valence-electron chi connectivity index (χ4n) is 1.29. The monoisotopic (exact) mass is 175 g/mol. The summed E-state index contributed by atoms with van der Waals surface area (Å²) < 4.78 is 16.3. The second-order valence-corrected chi connectivity index (χ2v) is 2.86. The molecule has 3 nitrogen and oxygen atoms in total. The molecule has 70 valence electrons. The summed E-state index contributed by atoms with van der Waals surface area (Å²) in [6, 6.07) is -0.203. The van der Waals surface area contributed by atoms with E-state index in [0.29, 0.717) is 0 Å². The molecule has 0 aromatic rings. The Labute approximate surface area is 71.3 Å². The summed E-state index contributed by atoms with van der Waals surface area (Å²) in [5, 5.41) is 3.03. The van der Waals surface area contributed by atoms with Crippen molar-refractivity contribution >= 4 is 5.97 Å². The van der Waals surface area contributed by atoms with E-state index in [9.17, 15) is 9.18 Å². The summed E-state index contributed by atoms with van der Waals surface area (Å²) in [7, 11) is 0. The minimum absolute atomic E-state index is 0.114. The zero-order valence-electron chi connectivity index (χ0n) is 7.01. The number of esters is 1. The topological polar surface area (TPSA) is 38.3 Å². The van der Waals surface area contributed by atoms with E-state index < -0.39 is 6.67 Å². The summed E-state index contributed by atoms with van der Waals surface area (Å²) >= 11 is 0. The van der Waals surface area contributed by atoms with E-state index in [4.69, 9.17) is 0 Å². The van der Waals surface area contributed by atoms with Gasteiger partial charge in [0, 0.05) is 0 Å². The Kier molecular flexibility index (Phi) is 4.00. The van der Waals surface area contributed by atoms with Crippen molar-refractivity contribution < 1.29 is 13.9 Å². The van der Waals surface area contributed by atoms with Gasteiger partial charge in [-0.15, -0.1) is 0 Å². The summed E-state index contributed by atoms with van der Waals surface area (Å²) in [4.78, 5) is 11.1. The molecule has 1 aliphatic rings. The molecule has 0 spiro atoms. The average Bonchev–Trinajstić information content (AvgIpc) is 2.15. The third-order valence-electron chi connectivity index (χ3n) is 1.92. The minimum atomic E-state index is -0.599. The molecule has 1 atom stereocenters. The number of piperidine rings is 1. The van der Waals surface area contributed by atoms with Crippen LogP contribution in [0.5, 0.6) is 0 Å². The van der Waals surface area contributed by atoms with Crippen LogP contribution in [0.3, 0.4) is 0 Å². The van der Waals surface area contributed by atoms with Gasteiger partial charge in [-0.1, -0.05) is 6.42 Å². The van der Waals surface area contributed by atoms with Crippen LogP contribution in [-0.2, 0) is 9.53 Å². The fraction of sp³-hybridized carbons (Fsp3) is 0.875. The van der Waals surface area contributed by atoms with Crippen LogP contribution in [0.15, 0.2) is 0 Å². The zero-order chi connectivity index (χ0) is 8.81. The van der Waals surface area contributed by atoms with E-state index in [1.807, 2.05) is 0 Å². The van der Waals surface area contributed by atoms with Gasteiger partial charge in [0.15, 0.2) is 0 Å². The molecule has 0 aromatic heterocycles. The van der Waals surface area contributed by atoms with Crippen molar-refractivity contribution in [3.05, 3.63) is 0 Å². The van der Waals surface area contributed by atoms with E-state index in [1.54, 1.807) is 0 Å². The third-order valence-corrected chi connectivity index (χ3v) is 1.92. The first-order valence-electron chi connectivity index (χ1n) is 4.30. The van der Waals surface area contributed by atoms with Crippen LogP contribution < -0.4 is 5.32 Å². The molecule has 1 rings (SSSR count). The number of nitrogens with one attached hydrogen (secondary N) is 1. The highest BCUT2D eigenvalue weighted by atomic mass is 19.1. The first-order chi connectivity index (χ1) is 5.84. The maximum atomic E-state index is 11.6. The van der Waals surface area contributed by atoms with Crippen molar-refractivity contribution in [2.24, 2.45) is 0 Å². The van der Waals surface area contributed by atoms with Crippen LogP contribution in [0.1, 0.15) is 19.3 Å². The molecule has 1 saturated heterocycles. The molecular weight excluding hydrogens is 161 g/mol. The van der Waals surface area contributed by atoms with Gasteiger partial charge in [-0.25, -0.2) is 4.39 Å². The normalized spacial score (nSPS) is 23.6. The van der Waals surface area contributed by atoms with Crippen LogP contribution in [0, 0.1) is 0 Å². The quantitative estimate of drug-likeness (QED) is 0.640. The van der Waals surface area contributed by atoms with Crippen LogP contribution >= 0.6 is 0 Å². The van der Waals surface area contributed by atoms with Crippen molar-refractivity contribution in [3.63, 3.8) is 0 Å². The molecular formula is C8H14FNO2. The third kappa shape index (κ3) is 2.77. The van der Waals surface area contributed by atoms with E-state index in [1.165, 1.54) is 0 Å². The van der Waals surface area contributed by atoms with Crippen LogP contribution in [-0.4, -0.2) is 31.8 Å². The smallest absolute Gasteiger partial charge is 0.323 e. The molecule has 0 aromatic carbocycles. The van der Waals surface area contributed by atoms with Gasteiger partial charge in [0.05, 0.1) is 0 Å². The summed E-state index contributed by atoms with van der Waals surface area (Å²) in [5.41, 5.74) is 0. The van der Waals surface area contributed by atoms with Crippen molar-refractivity contribution in [1.29, 1.82) is 0 Å². The number of rotatable bonds is 3. The molecule has 0 radical (unpaired) electrons. The fourth-order valence-corrected chi connectivity index (χ4v) is 1.29. The molecule has 12 heavy (non-hydrogen) atoms. The lowest BCUT2D eigenvalue weighted by Crippen LogP contribution is -2.41. The molecule has 4 heteroatoms. The lowest BCUT2D eigenvalue weighted by atomic mass is 10.1. The van der Waals surface area contributed by atoms with Crippen molar-refractivity contribution in [2.45, 2.75) is 25.3 Å². The second-order valence-electron chi connectivity index (χ2n) is 2.86. The van der Waals surface area contributed by atoms with Gasteiger partial charge >= 0.3 is 5.97 Å². The molecule has 1 aliphatic heterocycles. The van der Waals surface area contributed by atoms with E-state index in [-0.39, 0.29) is 18.6 Å². The largest absolute Gasteiger partial charge is 0.462 e. The minimum Gasteiger partial charge on any atom is -0.462 e. The Morgan fingerprint density at radius 1 is 1.58 bits per heavy atom. The highest BCUT2D eigenvalue weighted by Crippen LogP contribution is 2.07. The van der Waals surface area contributed by atoms with E-state index in [2.05, 4.69) is 10.1 Å². The lowest BCUT2D eigenvalue weighted by molar-refractivity contribution is -0.147. The Morgan fingerprint density at radius 3 is 3.00 bits per heavy atom. The summed E-state index contributed by atoms with van der Waals surface area (Å²) in [5.74, 6) is -0.313. The van der Waals surface area contributed by atoms with Crippen LogP contribution in [0.2, 0.25) is 0 Å². The molecule has 1 heterocycles. The Hall–Kier alpha value is -0.640. The van der Waals surface area contributed by atoms with Gasteiger partial charge in [0.25, 0.3) is 0 Å².